The van der Waals surface area contributed by atoms with Gasteiger partial charge in [0.1, 0.15) is 0 Å². The lowest BCUT2D eigenvalue weighted by Gasteiger charge is -2.16. The predicted octanol–water partition coefficient (Wildman–Crippen LogP) is -0.551. The highest BCUT2D eigenvalue weighted by atomic mass is 16.3. The van der Waals surface area contributed by atoms with Crippen molar-refractivity contribution in [1.29, 1.82) is 0 Å². The first-order valence-electron chi connectivity index (χ1n) is 5.95. The molecular weight excluding hydrogens is 248 g/mol. The van der Waals surface area contributed by atoms with Crippen LogP contribution in [-0.4, -0.2) is 56.3 Å². The number of rotatable bonds is 4. The van der Waals surface area contributed by atoms with Gasteiger partial charge in [-0.1, -0.05) is 6.07 Å². The molecule has 2 rings (SSSR count). The number of aromatic nitrogens is 3. The van der Waals surface area contributed by atoms with Crippen molar-refractivity contribution in [3.63, 3.8) is 0 Å². The average Bonchev–Trinajstić information content (AvgIpc) is 2.66. The van der Waals surface area contributed by atoms with Gasteiger partial charge in [-0.2, -0.15) is 0 Å². The van der Waals surface area contributed by atoms with Crippen LogP contribution in [0.1, 0.15) is 11.7 Å². The summed E-state index contributed by atoms with van der Waals surface area (Å²) in [4.78, 5) is 25.6. The third kappa shape index (κ3) is 2.88. The number of carbonyl (C=O) groups is 1. The molecule has 19 heavy (non-hydrogen) atoms. The SMILES string of the molecule is CC(O)CN(C)CC(=O)n1nc2ccccn2c1=O. The van der Waals surface area contributed by atoms with Gasteiger partial charge in [-0.3, -0.25) is 9.69 Å². The summed E-state index contributed by atoms with van der Waals surface area (Å²) in [6.07, 6.45) is 1.03. The maximum atomic E-state index is 12.0. The van der Waals surface area contributed by atoms with E-state index in [0.29, 0.717) is 12.2 Å². The lowest BCUT2D eigenvalue weighted by atomic mass is 10.3. The van der Waals surface area contributed by atoms with Gasteiger partial charge < -0.3 is 5.11 Å². The maximum absolute atomic E-state index is 12.0. The van der Waals surface area contributed by atoms with E-state index in [1.807, 2.05) is 0 Å². The minimum absolute atomic E-state index is 0.0225. The highest BCUT2D eigenvalue weighted by molar-refractivity contribution is 5.80. The topological polar surface area (TPSA) is 79.8 Å². The van der Waals surface area contributed by atoms with Crippen LogP contribution in [0.2, 0.25) is 0 Å². The number of hydrogen-bond acceptors (Lipinski definition) is 5. The summed E-state index contributed by atoms with van der Waals surface area (Å²) in [7, 11) is 1.70. The second kappa shape index (κ2) is 5.33. The Hall–Kier alpha value is -1.99. The first kappa shape index (κ1) is 13.4. The minimum atomic E-state index is -0.532. The molecular formula is C12H16N4O3. The van der Waals surface area contributed by atoms with Gasteiger partial charge in [0, 0.05) is 12.7 Å². The van der Waals surface area contributed by atoms with Crippen LogP contribution in [0.4, 0.5) is 0 Å². The molecule has 0 aromatic carbocycles. The van der Waals surface area contributed by atoms with E-state index in [2.05, 4.69) is 5.10 Å². The average molecular weight is 264 g/mol. The molecule has 0 spiro atoms. The second-order valence-electron chi connectivity index (χ2n) is 4.56. The van der Waals surface area contributed by atoms with Gasteiger partial charge in [0.15, 0.2) is 5.65 Å². The third-order valence-electron chi connectivity index (χ3n) is 2.65. The fourth-order valence-electron chi connectivity index (χ4n) is 1.90. The van der Waals surface area contributed by atoms with Crippen molar-refractivity contribution in [2.24, 2.45) is 0 Å². The molecule has 0 radical (unpaired) electrons. The van der Waals surface area contributed by atoms with Crippen molar-refractivity contribution in [3.05, 3.63) is 34.9 Å². The lowest BCUT2D eigenvalue weighted by molar-refractivity contribution is 0.0802. The Morgan fingerprint density at radius 2 is 2.26 bits per heavy atom. The molecule has 102 valence electrons. The summed E-state index contributed by atoms with van der Waals surface area (Å²) in [6.45, 7) is 2.01. The summed E-state index contributed by atoms with van der Waals surface area (Å²) >= 11 is 0. The fourth-order valence-corrected chi connectivity index (χ4v) is 1.90. The Bertz CT molecular complexity index is 644. The van der Waals surface area contributed by atoms with Gasteiger partial charge in [0.2, 0.25) is 0 Å². The van der Waals surface area contributed by atoms with Crippen LogP contribution in [0.3, 0.4) is 0 Å². The fraction of sp³-hybridized carbons (Fsp3) is 0.417. The number of pyridine rings is 1. The number of carbonyl (C=O) groups excluding carboxylic acids is 1. The summed E-state index contributed by atoms with van der Waals surface area (Å²) < 4.78 is 2.17. The van der Waals surface area contributed by atoms with Crippen LogP contribution < -0.4 is 5.69 Å². The van der Waals surface area contributed by atoms with E-state index in [-0.39, 0.29) is 6.54 Å². The second-order valence-corrected chi connectivity index (χ2v) is 4.56. The molecule has 7 heteroatoms. The molecule has 2 aromatic heterocycles. The van der Waals surface area contributed by atoms with E-state index in [0.717, 1.165) is 4.68 Å². The molecule has 1 atom stereocenters. The van der Waals surface area contributed by atoms with E-state index >= 15 is 0 Å². The predicted molar refractivity (Wildman–Crippen MR) is 69.3 cm³/mol. The number of fused-ring (bicyclic) bond motifs is 1. The Morgan fingerprint density at radius 3 is 2.89 bits per heavy atom. The van der Waals surface area contributed by atoms with Gasteiger partial charge in [-0.25, -0.2) is 9.20 Å². The van der Waals surface area contributed by atoms with Crippen molar-refractivity contribution in [1.82, 2.24) is 19.1 Å². The monoisotopic (exact) mass is 264 g/mol. The van der Waals surface area contributed by atoms with Gasteiger partial charge in [0.25, 0.3) is 5.91 Å². The highest BCUT2D eigenvalue weighted by Crippen LogP contribution is 1.96. The van der Waals surface area contributed by atoms with Crippen molar-refractivity contribution >= 4 is 11.6 Å². The molecule has 2 heterocycles. The van der Waals surface area contributed by atoms with Crippen LogP contribution in [0.5, 0.6) is 0 Å². The molecule has 1 unspecified atom stereocenters. The lowest BCUT2D eigenvalue weighted by Crippen LogP contribution is -2.38. The van der Waals surface area contributed by atoms with E-state index in [4.69, 9.17) is 0 Å². The van der Waals surface area contributed by atoms with E-state index in [1.165, 1.54) is 4.40 Å². The third-order valence-corrected chi connectivity index (χ3v) is 2.65. The number of likely N-dealkylation sites (N-methyl/N-ethyl adjacent to an activating group) is 1. The van der Waals surface area contributed by atoms with Crippen LogP contribution in [0, 0.1) is 0 Å². The quantitative estimate of drug-likeness (QED) is 0.801. The molecule has 2 aromatic rings. The Balaban J connectivity index is 2.22. The van der Waals surface area contributed by atoms with Crippen molar-refractivity contribution in [3.8, 4) is 0 Å². The Kier molecular flexibility index (Phi) is 3.77. The zero-order valence-electron chi connectivity index (χ0n) is 10.9. The smallest absolute Gasteiger partial charge is 0.357 e. The van der Waals surface area contributed by atoms with Gasteiger partial charge in [0.05, 0.1) is 12.6 Å². The van der Waals surface area contributed by atoms with Gasteiger partial charge in [-0.15, -0.1) is 9.78 Å². The Morgan fingerprint density at radius 1 is 1.53 bits per heavy atom. The molecule has 0 fully saturated rings. The Labute approximate surface area is 109 Å². The van der Waals surface area contributed by atoms with E-state index in [9.17, 15) is 14.7 Å². The van der Waals surface area contributed by atoms with Crippen LogP contribution in [0.15, 0.2) is 29.2 Å². The molecule has 0 aliphatic carbocycles. The summed E-state index contributed by atoms with van der Waals surface area (Å²) in [5.74, 6) is -0.420. The molecule has 0 saturated heterocycles. The first-order chi connectivity index (χ1) is 8.99. The van der Waals surface area contributed by atoms with E-state index in [1.54, 1.807) is 43.3 Å². The molecule has 1 N–H and O–H groups in total. The minimum Gasteiger partial charge on any atom is -0.392 e. The largest absolute Gasteiger partial charge is 0.392 e. The van der Waals surface area contributed by atoms with Crippen molar-refractivity contribution in [2.75, 3.05) is 20.1 Å². The number of aliphatic hydroxyl groups excluding tert-OH is 1. The standard InChI is InChI=1S/C12H16N4O3/c1-9(17)7-14(2)8-11(18)16-12(19)15-6-4-3-5-10(15)13-16/h3-6,9,17H,7-8H2,1-2H3. The van der Waals surface area contributed by atoms with Crippen LogP contribution >= 0.6 is 0 Å². The number of aliphatic hydroxyl groups is 1. The summed E-state index contributed by atoms with van der Waals surface area (Å²) in [5.41, 5.74) is -0.0509. The van der Waals surface area contributed by atoms with Crippen molar-refractivity contribution in [2.45, 2.75) is 13.0 Å². The molecule has 0 aliphatic heterocycles. The molecule has 0 bridgehead atoms. The summed E-state index contributed by atoms with van der Waals surface area (Å²) in [6, 6.07) is 5.10. The van der Waals surface area contributed by atoms with Gasteiger partial charge in [-0.05, 0) is 26.1 Å². The van der Waals surface area contributed by atoms with Gasteiger partial charge >= 0.3 is 5.69 Å². The highest BCUT2D eigenvalue weighted by Gasteiger charge is 2.16. The van der Waals surface area contributed by atoms with Crippen LogP contribution in [-0.2, 0) is 0 Å². The zero-order chi connectivity index (χ0) is 14.0. The maximum Gasteiger partial charge on any atom is 0.357 e. The normalized spacial score (nSPS) is 13.1. The molecule has 7 nitrogen and oxygen atoms in total. The zero-order valence-corrected chi connectivity index (χ0v) is 10.9. The van der Waals surface area contributed by atoms with Crippen LogP contribution in [0.25, 0.3) is 5.65 Å². The number of nitrogens with zero attached hydrogens (tertiary/aromatic N) is 4. The number of hydrogen-bond donors (Lipinski definition) is 1. The molecule has 0 saturated carbocycles. The summed E-state index contributed by atoms with van der Waals surface area (Å²) in [5, 5.41) is 13.2. The van der Waals surface area contributed by atoms with E-state index < -0.39 is 17.7 Å². The molecule has 0 amide bonds. The van der Waals surface area contributed by atoms with Crippen molar-refractivity contribution < 1.29 is 9.90 Å². The first-order valence-corrected chi connectivity index (χ1v) is 5.95. The molecule has 0 aliphatic rings.